The van der Waals surface area contributed by atoms with Gasteiger partial charge in [0.15, 0.2) is 0 Å². The van der Waals surface area contributed by atoms with Crippen molar-refractivity contribution in [1.29, 1.82) is 0 Å². The second kappa shape index (κ2) is 7.88. The number of rotatable bonds is 5. The minimum Gasteiger partial charge on any atom is -0.443 e. The van der Waals surface area contributed by atoms with Crippen LogP contribution in [0.2, 0.25) is 0 Å². The normalized spacial score (nSPS) is 11.2. The highest BCUT2D eigenvalue weighted by molar-refractivity contribution is 5.86. The van der Waals surface area contributed by atoms with Gasteiger partial charge in [-0.25, -0.2) is 9.78 Å². The number of amides is 1. The molecule has 0 spiro atoms. The van der Waals surface area contributed by atoms with Crippen LogP contribution in [-0.2, 0) is 17.7 Å². The molecule has 0 radical (unpaired) electrons. The monoisotopic (exact) mass is 328 g/mol. The van der Waals surface area contributed by atoms with Crippen molar-refractivity contribution < 1.29 is 9.53 Å². The van der Waals surface area contributed by atoms with Crippen LogP contribution in [0.15, 0.2) is 42.6 Å². The Morgan fingerprint density at radius 1 is 1.17 bits per heavy atom. The molecule has 0 unspecified atom stereocenters. The van der Waals surface area contributed by atoms with Crippen molar-refractivity contribution >= 4 is 11.9 Å². The van der Waals surface area contributed by atoms with E-state index in [1.165, 1.54) is 4.90 Å². The molecule has 0 fully saturated rings. The molecule has 2 aromatic rings. The summed E-state index contributed by atoms with van der Waals surface area (Å²) in [7, 11) is 0. The second-order valence-electron chi connectivity index (χ2n) is 6.41. The van der Waals surface area contributed by atoms with Crippen molar-refractivity contribution in [2.75, 3.05) is 11.4 Å². The van der Waals surface area contributed by atoms with Gasteiger partial charge in [-0.15, -0.1) is 0 Å². The van der Waals surface area contributed by atoms with Gasteiger partial charge >= 0.3 is 6.09 Å². The largest absolute Gasteiger partial charge is 0.443 e. The van der Waals surface area contributed by atoms with E-state index in [1.807, 2.05) is 51.1 Å². The maximum Gasteiger partial charge on any atom is 0.416 e. The van der Waals surface area contributed by atoms with Crippen LogP contribution in [0.1, 0.15) is 32.2 Å². The third kappa shape index (κ3) is 5.31. The average Bonchev–Trinajstić information content (AvgIpc) is 2.52. The van der Waals surface area contributed by atoms with Crippen molar-refractivity contribution in [3.63, 3.8) is 0 Å². The number of carbonyl (C=O) groups excluding carboxylic acids is 1. The molecule has 0 saturated carbocycles. The number of ether oxygens (including phenoxy) is 1. The molecule has 24 heavy (non-hydrogen) atoms. The van der Waals surface area contributed by atoms with Crippen LogP contribution < -0.4 is 10.6 Å². The molecule has 0 bridgehead atoms. The zero-order valence-electron chi connectivity index (χ0n) is 14.4. The first-order valence-corrected chi connectivity index (χ1v) is 7.95. The van der Waals surface area contributed by atoms with E-state index in [4.69, 9.17) is 10.5 Å². The summed E-state index contributed by atoms with van der Waals surface area (Å²) in [6, 6.07) is 11.1. The topological polar surface area (TPSA) is 81.3 Å². The molecule has 0 saturated heterocycles. The standard InChI is InChI=1S/C18H24N4O2/c1-18(2,3)24-17(23)22(13-15-7-4-5-12-20-15)16-9-6-8-14(21-16)10-11-19/h4-9,12H,10-11,13,19H2,1-3H3. The molecule has 0 atom stereocenters. The summed E-state index contributed by atoms with van der Waals surface area (Å²) in [5.41, 5.74) is 6.61. The quantitative estimate of drug-likeness (QED) is 0.912. The van der Waals surface area contributed by atoms with Gasteiger partial charge in [0.2, 0.25) is 0 Å². The molecule has 0 aliphatic rings. The Hall–Kier alpha value is -2.47. The first-order chi connectivity index (χ1) is 11.4. The predicted octanol–water partition coefficient (Wildman–Crippen LogP) is 2.92. The van der Waals surface area contributed by atoms with E-state index in [0.29, 0.717) is 18.8 Å². The van der Waals surface area contributed by atoms with Crippen molar-refractivity contribution in [3.8, 4) is 0 Å². The first-order valence-electron chi connectivity index (χ1n) is 7.95. The van der Waals surface area contributed by atoms with Crippen LogP contribution in [0.3, 0.4) is 0 Å². The molecular formula is C18H24N4O2. The van der Waals surface area contributed by atoms with Crippen molar-refractivity contribution in [2.24, 2.45) is 5.73 Å². The van der Waals surface area contributed by atoms with E-state index in [0.717, 1.165) is 11.4 Å². The summed E-state index contributed by atoms with van der Waals surface area (Å²) >= 11 is 0. The zero-order chi connectivity index (χ0) is 17.6. The summed E-state index contributed by atoms with van der Waals surface area (Å²) < 4.78 is 5.52. The van der Waals surface area contributed by atoms with Gasteiger partial charge < -0.3 is 10.5 Å². The maximum absolute atomic E-state index is 12.6. The third-order valence-corrected chi connectivity index (χ3v) is 3.13. The van der Waals surface area contributed by atoms with Crippen LogP contribution in [-0.4, -0.2) is 28.2 Å². The van der Waals surface area contributed by atoms with Gasteiger partial charge in [-0.3, -0.25) is 9.88 Å². The smallest absolute Gasteiger partial charge is 0.416 e. The van der Waals surface area contributed by atoms with E-state index in [-0.39, 0.29) is 6.54 Å². The molecule has 2 aromatic heterocycles. The number of nitrogens with zero attached hydrogens (tertiary/aromatic N) is 3. The van der Waals surface area contributed by atoms with Crippen LogP contribution in [0, 0.1) is 0 Å². The van der Waals surface area contributed by atoms with Crippen LogP contribution >= 0.6 is 0 Å². The predicted molar refractivity (Wildman–Crippen MR) is 93.6 cm³/mol. The highest BCUT2D eigenvalue weighted by Crippen LogP contribution is 2.19. The molecule has 2 N–H and O–H groups in total. The number of nitrogens with two attached hydrogens (primary N) is 1. The molecule has 6 nitrogen and oxygen atoms in total. The van der Waals surface area contributed by atoms with Crippen molar-refractivity contribution in [1.82, 2.24) is 9.97 Å². The highest BCUT2D eigenvalue weighted by Gasteiger charge is 2.25. The lowest BCUT2D eigenvalue weighted by atomic mass is 10.2. The molecule has 2 heterocycles. The number of hydrogen-bond acceptors (Lipinski definition) is 5. The number of anilines is 1. The number of pyridine rings is 2. The van der Waals surface area contributed by atoms with E-state index >= 15 is 0 Å². The van der Waals surface area contributed by atoms with Gasteiger partial charge in [-0.1, -0.05) is 12.1 Å². The molecular weight excluding hydrogens is 304 g/mol. The van der Waals surface area contributed by atoms with Gasteiger partial charge in [0.05, 0.1) is 12.2 Å². The Labute approximate surface area is 142 Å². The summed E-state index contributed by atoms with van der Waals surface area (Å²) in [5, 5.41) is 0. The van der Waals surface area contributed by atoms with E-state index in [2.05, 4.69) is 9.97 Å². The lowest BCUT2D eigenvalue weighted by Gasteiger charge is -2.26. The second-order valence-corrected chi connectivity index (χ2v) is 6.41. The molecule has 128 valence electrons. The zero-order valence-corrected chi connectivity index (χ0v) is 14.4. The minimum atomic E-state index is -0.589. The maximum atomic E-state index is 12.6. The number of aromatic nitrogens is 2. The Morgan fingerprint density at radius 3 is 2.54 bits per heavy atom. The fourth-order valence-electron chi connectivity index (χ4n) is 2.11. The average molecular weight is 328 g/mol. The number of hydrogen-bond donors (Lipinski definition) is 1. The Bertz CT molecular complexity index is 668. The fraction of sp³-hybridized carbons (Fsp3) is 0.389. The van der Waals surface area contributed by atoms with E-state index < -0.39 is 11.7 Å². The minimum absolute atomic E-state index is 0.287. The molecule has 0 aromatic carbocycles. The molecule has 6 heteroatoms. The summed E-state index contributed by atoms with van der Waals surface area (Å²) in [6.07, 6.45) is 1.89. The van der Waals surface area contributed by atoms with Gasteiger partial charge in [0.25, 0.3) is 0 Å². The van der Waals surface area contributed by atoms with Gasteiger partial charge in [-0.2, -0.15) is 0 Å². The summed E-state index contributed by atoms with van der Waals surface area (Å²) in [5.74, 6) is 0.529. The van der Waals surface area contributed by atoms with Crippen LogP contribution in [0.25, 0.3) is 0 Å². The first kappa shape index (κ1) is 17.9. The summed E-state index contributed by atoms with van der Waals surface area (Å²) in [6.45, 7) is 6.30. The molecule has 0 aliphatic carbocycles. The molecule has 1 amide bonds. The highest BCUT2D eigenvalue weighted by atomic mass is 16.6. The molecule has 2 rings (SSSR count). The molecule has 0 aliphatic heterocycles. The van der Waals surface area contributed by atoms with Gasteiger partial charge in [0, 0.05) is 18.3 Å². The lowest BCUT2D eigenvalue weighted by Crippen LogP contribution is -2.37. The Kier molecular flexibility index (Phi) is 5.87. The van der Waals surface area contributed by atoms with Gasteiger partial charge in [0.1, 0.15) is 11.4 Å². The van der Waals surface area contributed by atoms with Gasteiger partial charge in [-0.05, 0) is 51.6 Å². The van der Waals surface area contributed by atoms with Crippen LogP contribution in [0.5, 0.6) is 0 Å². The summed E-state index contributed by atoms with van der Waals surface area (Å²) in [4.78, 5) is 22.9. The van der Waals surface area contributed by atoms with E-state index in [9.17, 15) is 4.79 Å². The van der Waals surface area contributed by atoms with Crippen LogP contribution in [0.4, 0.5) is 10.6 Å². The fourth-order valence-corrected chi connectivity index (χ4v) is 2.11. The lowest BCUT2D eigenvalue weighted by molar-refractivity contribution is 0.0576. The number of carbonyl (C=O) groups is 1. The Morgan fingerprint density at radius 2 is 1.92 bits per heavy atom. The van der Waals surface area contributed by atoms with Crippen molar-refractivity contribution in [3.05, 3.63) is 54.0 Å². The SMILES string of the molecule is CC(C)(C)OC(=O)N(Cc1ccccn1)c1cccc(CCN)n1. The van der Waals surface area contributed by atoms with E-state index in [1.54, 1.807) is 12.3 Å². The Balaban J connectivity index is 2.31. The third-order valence-electron chi connectivity index (χ3n) is 3.13. The van der Waals surface area contributed by atoms with Crippen molar-refractivity contribution in [2.45, 2.75) is 39.3 Å².